The highest BCUT2D eigenvalue weighted by Crippen LogP contribution is 2.27. The fraction of sp³-hybridized carbons (Fsp3) is 0.357. The lowest BCUT2D eigenvalue weighted by Crippen LogP contribution is -2.54. The van der Waals surface area contributed by atoms with Crippen LogP contribution in [0.3, 0.4) is 0 Å². The van der Waals surface area contributed by atoms with E-state index in [1.54, 1.807) is 24.1 Å². The van der Waals surface area contributed by atoms with Gasteiger partial charge in [-0.25, -0.2) is 15.0 Å². The van der Waals surface area contributed by atoms with Crippen molar-refractivity contribution < 1.29 is 9.59 Å². The van der Waals surface area contributed by atoms with Crippen LogP contribution in [0.15, 0.2) is 22.3 Å². The van der Waals surface area contributed by atoms with Crippen LogP contribution in [-0.2, 0) is 0 Å². The van der Waals surface area contributed by atoms with Crippen LogP contribution in [-0.4, -0.2) is 52.7 Å². The van der Waals surface area contributed by atoms with Gasteiger partial charge in [-0.15, -0.1) is 0 Å². The van der Waals surface area contributed by atoms with Gasteiger partial charge in [0, 0.05) is 31.9 Å². The number of hydrogen-bond acceptors (Lipinski definition) is 7. The number of aromatic nitrogens is 1. The molecule has 8 heteroatoms. The second-order valence-electron chi connectivity index (χ2n) is 5.33. The number of hydrazine groups is 2. The number of carbonyl (C=O) groups is 2. The molecule has 0 atom stereocenters. The topological polar surface area (TPSA) is 91.6 Å². The van der Waals surface area contributed by atoms with Crippen LogP contribution in [0.2, 0.25) is 0 Å². The Bertz CT molecular complexity index is 680. The molecule has 0 saturated carbocycles. The quantitative estimate of drug-likeness (QED) is 0.731. The van der Waals surface area contributed by atoms with Gasteiger partial charge in [-0.3, -0.25) is 15.4 Å². The van der Waals surface area contributed by atoms with Crippen molar-refractivity contribution in [1.29, 1.82) is 0 Å². The molecule has 1 aliphatic heterocycles. The number of carbonyl (C=O) groups excluding carboxylic acids is 2. The van der Waals surface area contributed by atoms with E-state index in [9.17, 15) is 9.59 Å². The first-order chi connectivity index (χ1) is 10.5. The molecule has 2 heterocycles. The van der Waals surface area contributed by atoms with Gasteiger partial charge in [0.1, 0.15) is 11.4 Å². The second-order valence-corrected chi connectivity index (χ2v) is 6.12. The lowest BCUT2D eigenvalue weighted by atomic mass is 9.97. The molecule has 0 unspecified atom stereocenters. The zero-order chi connectivity index (χ0) is 15.9. The number of allylic oxidation sites excluding steroid dienone is 2. The van der Waals surface area contributed by atoms with Gasteiger partial charge in [-0.2, -0.15) is 0 Å². The maximum atomic E-state index is 12.6. The van der Waals surface area contributed by atoms with Crippen molar-refractivity contribution >= 4 is 27.5 Å². The highest BCUT2D eigenvalue weighted by atomic mass is 79.9. The predicted octanol–water partition coefficient (Wildman–Crippen LogP) is 0.371. The highest BCUT2D eigenvalue weighted by molar-refractivity contribution is 9.12. The van der Waals surface area contributed by atoms with Crippen LogP contribution >= 0.6 is 15.9 Å². The summed E-state index contributed by atoms with van der Waals surface area (Å²) in [6.07, 6.45) is 0. The van der Waals surface area contributed by atoms with Crippen molar-refractivity contribution in [2.45, 2.75) is 6.92 Å². The summed E-state index contributed by atoms with van der Waals surface area (Å²) in [6, 6.07) is 3.38. The fourth-order valence-corrected chi connectivity index (χ4v) is 2.91. The summed E-state index contributed by atoms with van der Waals surface area (Å²) >= 11 is 3.24. The van der Waals surface area contributed by atoms with E-state index in [4.69, 9.17) is 5.84 Å². The summed E-state index contributed by atoms with van der Waals surface area (Å²) in [6.45, 7) is 4.51. The van der Waals surface area contributed by atoms with Crippen LogP contribution in [0.4, 0.5) is 0 Å². The standard InChI is InChI=1S/C14H16BrN5O2/c1-8-2-3-9-11(17-8)14(22)10(15)12(13(9)21)18-20-6-4-19(16)5-7-20/h2-3,18H,4-7,16H2,1H3. The highest BCUT2D eigenvalue weighted by Gasteiger charge is 2.33. The zero-order valence-corrected chi connectivity index (χ0v) is 13.7. The van der Waals surface area contributed by atoms with Crippen molar-refractivity contribution in [3.8, 4) is 0 Å². The Morgan fingerprint density at radius 2 is 1.86 bits per heavy atom. The molecule has 116 valence electrons. The summed E-state index contributed by atoms with van der Waals surface area (Å²) in [5, 5.41) is 3.61. The molecule has 1 aliphatic carbocycles. The van der Waals surface area contributed by atoms with E-state index in [-0.39, 0.29) is 27.4 Å². The number of nitrogens with one attached hydrogen (secondary N) is 1. The van der Waals surface area contributed by atoms with Gasteiger partial charge in [0.2, 0.25) is 11.6 Å². The van der Waals surface area contributed by atoms with Crippen LogP contribution < -0.4 is 11.3 Å². The number of piperazine rings is 1. The van der Waals surface area contributed by atoms with Crippen LogP contribution in [0.5, 0.6) is 0 Å². The van der Waals surface area contributed by atoms with Gasteiger partial charge in [0.05, 0.1) is 10.0 Å². The second kappa shape index (κ2) is 5.88. The number of Topliss-reactive ketones (excluding diaryl/α,β-unsaturated/α-hetero) is 2. The van der Waals surface area contributed by atoms with Gasteiger partial charge >= 0.3 is 0 Å². The molecule has 3 N–H and O–H groups in total. The third kappa shape index (κ3) is 2.70. The molecular weight excluding hydrogens is 350 g/mol. The summed E-state index contributed by atoms with van der Waals surface area (Å²) in [7, 11) is 0. The smallest absolute Gasteiger partial charge is 0.221 e. The van der Waals surface area contributed by atoms with Gasteiger partial charge in [0.25, 0.3) is 0 Å². The number of hydrogen-bond donors (Lipinski definition) is 2. The van der Waals surface area contributed by atoms with E-state index in [1.807, 2.05) is 5.01 Å². The minimum Gasteiger partial charge on any atom is -0.314 e. The Morgan fingerprint density at radius 3 is 2.55 bits per heavy atom. The van der Waals surface area contributed by atoms with Gasteiger partial charge in [0.15, 0.2) is 0 Å². The number of aryl methyl sites for hydroxylation is 1. The molecule has 1 aromatic heterocycles. The largest absolute Gasteiger partial charge is 0.314 e. The summed E-state index contributed by atoms with van der Waals surface area (Å²) in [4.78, 5) is 29.2. The van der Waals surface area contributed by atoms with Gasteiger partial charge in [-0.05, 0) is 35.0 Å². The van der Waals surface area contributed by atoms with Crippen molar-refractivity contribution in [3.63, 3.8) is 0 Å². The minimum absolute atomic E-state index is 0.203. The molecule has 3 rings (SSSR count). The number of halogens is 1. The number of nitrogens with zero attached hydrogens (tertiary/aromatic N) is 3. The Labute approximate surface area is 136 Å². The molecule has 0 amide bonds. The number of ketones is 2. The molecule has 0 aromatic carbocycles. The molecular formula is C14H16BrN5O2. The average molecular weight is 366 g/mol. The number of fused-ring (bicyclic) bond motifs is 1. The average Bonchev–Trinajstić information content (AvgIpc) is 2.51. The molecule has 0 spiro atoms. The lowest BCUT2D eigenvalue weighted by molar-refractivity contribution is 0.0856. The monoisotopic (exact) mass is 365 g/mol. The summed E-state index contributed by atoms with van der Waals surface area (Å²) < 4.78 is 0.221. The Morgan fingerprint density at radius 1 is 1.18 bits per heavy atom. The van der Waals surface area contributed by atoms with E-state index < -0.39 is 0 Å². The lowest BCUT2D eigenvalue weighted by Gasteiger charge is -2.34. The number of pyridine rings is 1. The van der Waals surface area contributed by atoms with E-state index in [2.05, 4.69) is 26.3 Å². The predicted molar refractivity (Wildman–Crippen MR) is 84.1 cm³/mol. The number of rotatable bonds is 2. The maximum absolute atomic E-state index is 12.6. The first-order valence-corrected chi connectivity index (χ1v) is 7.74. The molecule has 0 bridgehead atoms. The Kier molecular flexibility index (Phi) is 4.09. The third-order valence-corrected chi connectivity index (χ3v) is 4.48. The third-order valence-electron chi connectivity index (χ3n) is 3.72. The minimum atomic E-state index is -0.279. The summed E-state index contributed by atoms with van der Waals surface area (Å²) in [5.74, 6) is 5.20. The number of nitrogens with two attached hydrogens (primary N) is 1. The maximum Gasteiger partial charge on any atom is 0.221 e. The molecule has 1 aromatic rings. The van der Waals surface area contributed by atoms with Gasteiger partial charge < -0.3 is 5.43 Å². The van der Waals surface area contributed by atoms with Crippen LogP contribution in [0.25, 0.3) is 0 Å². The first-order valence-electron chi connectivity index (χ1n) is 6.95. The molecule has 1 fully saturated rings. The first kappa shape index (κ1) is 15.3. The van der Waals surface area contributed by atoms with Crippen LogP contribution in [0.1, 0.15) is 26.5 Å². The fourth-order valence-electron chi connectivity index (χ4n) is 2.46. The molecule has 7 nitrogen and oxygen atoms in total. The van der Waals surface area contributed by atoms with E-state index in [0.717, 1.165) is 0 Å². The van der Waals surface area contributed by atoms with E-state index >= 15 is 0 Å². The van der Waals surface area contributed by atoms with Crippen molar-refractivity contribution in [2.24, 2.45) is 5.84 Å². The molecule has 22 heavy (non-hydrogen) atoms. The zero-order valence-electron chi connectivity index (χ0n) is 12.1. The summed E-state index contributed by atoms with van der Waals surface area (Å²) in [5.41, 5.74) is 4.55. The molecule has 0 radical (unpaired) electrons. The van der Waals surface area contributed by atoms with Crippen molar-refractivity contribution in [3.05, 3.63) is 39.3 Å². The van der Waals surface area contributed by atoms with Crippen LogP contribution in [0, 0.1) is 6.92 Å². The Balaban J connectivity index is 1.89. The normalized spacial score (nSPS) is 20.3. The van der Waals surface area contributed by atoms with E-state index in [0.29, 0.717) is 37.4 Å². The molecule has 2 aliphatic rings. The Hall–Kier alpha value is -1.61. The van der Waals surface area contributed by atoms with Crippen molar-refractivity contribution in [1.82, 2.24) is 20.4 Å². The molecule has 1 saturated heterocycles. The van der Waals surface area contributed by atoms with Crippen molar-refractivity contribution in [2.75, 3.05) is 26.2 Å². The van der Waals surface area contributed by atoms with E-state index in [1.165, 1.54) is 0 Å². The SMILES string of the molecule is Cc1ccc2c(n1)C(=O)C(Br)=C(NN1CCN(N)CC1)C2=O. The van der Waals surface area contributed by atoms with Gasteiger partial charge in [-0.1, -0.05) is 0 Å².